The standard InChI is InChI=1S/Ca.H4O4Si.H3P.Zn.2H/c;1-5(2,3)4;;;;/h;1-4H;1H3;;;/q+2;;;;2*-1. The third-order valence-corrected chi connectivity index (χ3v) is 0. The smallest absolute Gasteiger partial charge is 1.00 e. The number of rotatable bonds is 0. The Labute approximate surface area is 97.1 Å². The maximum atomic E-state index is 7.33. The first-order chi connectivity index (χ1) is 2.00. The van der Waals surface area contributed by atoms with Gasteiger partial charge >= 0.3 is 46.8 Å². The first-order valence-corrected chi connectivity index (χ1v) is 2.68. The van der Waals surface area contributed by atoms with Crippen LogP contribution in [0.5, 0.6) is 0 Å². The second-order valence-corrected chi connectivity index (χ2v) is 1.80. The molecule has 0 saturated carbocycles. The summed E-state index contributed by atoms with van der Waals surface area (Å²) in [5.74, 6) is 0. The van der Waals surface area contributed by atoms with E-state index in [4.69, 9.17) is 19.2 Å². The third-order valence-electron chi connectivity index (χ3n) is 0. The van der Waals surface area contributed by atoms with E-state index in [0.717, 1.165) is 0 Å². The van der Waals surface area contributed by atoms with E-state index in [0.29, 0.717) is 0 Å². The van der Waals surface area contributed by atoms with Crippen molar-refractivity contribution >= 4 is 56.7 Å². The fourth-order valence-corrected chi connectivity index (χ4v) is 0. The fraction of sp³-hybridized carbons (Fsp3) is 0. The molecule has 0 aromatic heterocycles. The molecular formula is H9CaO4PSiZn. The molecule has 0 aromatic carbocycles. The van der Waals surface area contributed by atoms with Gasteiger partial charge < -0.3 is 22.0 Å². The molecule has 0 aliphatic heterocycles. The maximum Gasteiger partial charge on any atom is 2.00 e. The molecule has 0 amide bonds. The van der Waals surface area contributed by atoms with Gasteiger partial charge in [0, 0.05) is 19.5 Å². The molecule has 0 aliphatic carbocycles. The summed E-state index contributed by atoms with van der Waals surface area (Å²) in [6.45, 7) is 0. The average molecular weight is 238 g/mol. The van der Waals surface area contributed by atoms with Crippen LogP contribution in [0, 0.1) is 0 Å². The van der Waals surface area contributed by atoms with Gasteiger partial charge in [0.2, 0.25) is 0 Å². The van der Waals surface area contributed by atoms with Gasteiger partial charge in [-0.1, -0.05) is 0 Å². The van der Waals surface area contributed by atoms with E-state index in [2.05, 4.69) is 0 Å². The molecule has 46 valence electrons. The predicted octanol–water partition coefficient (Wildman–Crippen LogP) is -2.71. The first-order valence-electron chi connectivity index (χ1n) is 0.894. The van der Waals surface area contributed by atoms with Crippen LogP contribution in [0.25, 0.3) is 0 Å². The Morgan fingerprint density at radius 1 is 1.00 bits per heavy atom. The summed E-state index contributed by atoms with van der Waals surface area (Å²) in [6.07, 6.45) is 0. The molecule has 0 rings (SSSR count). The second-order valence-electron chi connectivity index (χ2n) is 0.600. The molecule has 0 aliphatic rings. The van der Waals surface area contributed by atoms with Gasteiger partial charge in [0.25, 0.3) is 0 Å². The Morgan fingerprint density at radius 2 is 1.00 bits per heavy atom. The van der Waals surface area contributed by atoms with Crippen molar-refractivity contribution in [3.63, 3.8) is 0 Å². The molecule has 0 fully saturated rings. The van der Waals surface area contributed by atoms with Crippen LogP contribution in [0.3, 0.4) is 0 Å². The predicted molar refractivity (Wildman–Crippen MR) is 33.7 cm³/mol. The molecule has 0 heterocycles. The summed E-state index contributed by atoms with van der Waals surface area (Å²) in [7, 11) is -4.61. The van der Waals surface area contributed by atoms with Crippen molar-refractivity contribution in [1.29, 1.82) is 0 Å². The monoisotopic (exact) mass is 236 g/mol. The zero-order valence-corrected chi connectivity index (χ0v) is 12.0. The van der Waals surface area contributed by atoms with Crippen molar-refractivity contribution in [3.8, 4) is 0 Å². The Balaban J connectivity index is -0.00000000800. The van der Waals surface area contributed by atoms with E-state index >= 15 is 0 Å². The summed E-state index contributed by atoms with van der Waals surface area (Å²) >= 11 is 0. The van der Waals surface area contributed by atoms with Gasteiger partial charge in [0.15, 0.2) is 0 Å². The van der Waals surface area contributed by atoms with Gasteiger partial charge in [-0.05, 0) is 0 Å². The summed E-state index contributed by atoms with van der Waals surface area (Å²) in [4.78, 5) is 29.3. The van der Waals surface area contributed by atoms with Crippen LogP contribution in [0.2, 0.25) is 0 Å². The molecule has 8 heavy (non-hydrogen) atoms. The molecule has 8 heteroatoms. The second kappa shape index (κ2) is 9.37. The minimum absolute atomic E-state index is 0. The molecule has 0 aromatic rings. The van der Waals surface area contributed by atoms with Gasteiger partial charge in [-0.15, -0.1) is 0 Å². The van der Waals surface area contributed by atoms with E-state index in [-0.39, 0.29) is 70.0 Å². The quantitative estimate of drug-likeness (QED) is 0.273. The van der Waals surface area contributed by atoms with Crippen LogP contribution < -0.4 is 0 Å². The van der Waals surface area contributed by atoms with Gasteiger partial charge in [-0.2, -0.15) is 9.90 Å². The van der Waals surface area contributed by atoms with E-state index in [1.54, 1.807) is 0 Å². The Kier molecular flexibility index (Phi) is 26.3. The SMILES string of the molecule is O[Si](O)(O)O.P.[Ca+2].[H-].[H-].[Zn]. The Morgan fingerprint density at radius 3 is 1.00 bits per heavy atom. The maximum absolute atomic E-state index is 7.33. The molecule has 0 bridgehead atoms. The van der Waals surface area contributed by atoms with Gasteiger partial charge in [0.1, 0.15) is 0 Å². The zero-order chi connectivity index (χ0) is 4.50. The van der Waals surface area contributed by atoms with Gasteiger partial charge in [-0.3, -0.25) is 0 Å². The Bertz CT molecular complexity index is 38.7. The van der Waals surface area contributed by atoms with Crippen molar-refractivity contribution in [2.75, 3.05) is 0 Å². The van der Waals surface area contributed by atoms with Crippen LogP contribution >= 0.6 is 9.90 Å². The summed E-state index contributed by atoms with van der Waals surface area (Å²) in [5, 5.41) is 0. The first kappa shape index (κ1) is 22.4. The van der Waals surface area contributed by atoms with E-state index < -0.39 is 9.05 Å². The number of hydrogen-bond donors (Lipinski definition) is 4. The molecule has 4 N–H and O–H groups in total. The van der Waals surface area contributed by atoms with Crippen molar-refractivity contribution in [1.82, 2.24) is 0 Å². The van der Waals surface area contributed by atoms with Crippen LogP contribution in [0.4, 0.5) is 0 Å². The minimum atomic E-state index is -4.61. The van der Waals surface area contributed by atoms with Gasteiger partial charge in [0.05, 0.1) is 0 Å². The van der Waals surface area contributed by atoms with Crippen LogP contribution in [-0.2, 0) is 19.5 Å². The van der Waals surface area contributed by atoms with E-state index in [1.807, 2.05) is 0 Å². The summed E-state index contributed by atoms with van der Waals surface area (Å²) in [5.41, 5.74) is 0. The number of hydrogen-bond acceptors (Lipinski definition) is 4. The average Bonchev–Trinajstić information content (AvgIpc) is 0.722. The zero-order valence-electron chi connectivity index (χ0n) is 6.41. The molecule has 1 unspecified atom stereocenters. The molecule has 0 saturated heterocycles. The molecule has 0 radical (unpaired) electrons. The molecule has 0 spiro atoms. The summed E-state index contributed by atoms with van der Waals surface area (Å²) < 4.78 is 0. The Hall–Kier alpha value is 2.37. The third kappa shape index (κ3) is 80.9. The fourth-order valence-electron chi connectivity index (χ4n) is 0. The van der Waals surface area contributed by atoms with Crippen molar-refractivity contribution in [3.05, 3.63) is 0 Å². The van der Waals surface area contributed by atoms with Crippen LogP contribution in [-0.4, -0.2) is 66.0 Å². The van der Waals surface area contributed by atoms with Gasteiger partial charge in [-0.25, -0.2) is 0 Å². The van der Waals surface area contributed by atoms with E-state index in [9.17, 15) is 0 Å². The molecule has 4 nitrogen and oxygen atoms in total. The van der Waals surface area contributed by atoms with Crippen molar-refractivity contribution in [2.24, 2.45) is 0 Å². The molecular weight excluding hydrogens is 229 g/mol. The van der Waals surface area contributed by atoms with E-state index in [1.165, 1.54) is 0 Å². The minimum Gasteiger partial charge on any atom is -1.00 e. The van der Waals surface area contributed by atoms with Crippen molar-refractivity contribution in [2.45, 2.75) is 0 Å². The topological polar surface area (TPSA) is 80.9 Å². The normalized spacial score (nSPS) is 7.50. The summed E-state index contributed by atoms with van der Waals surface area (Å²) in [6, 6.07) is 0. The van der Waals surface area contributed by atoms with Crippen LogP contribution in [0.1, 0.15) is 2.85 Å². The largest absolute Gasteiger partial charge is 2.00 e. The van der Waals surface area contributed by atoms with Crippen LogP contribution in [0.15, 0.2) is 0 Å². The van der Waals surface area contributed by atoms with Crippen molar-refractivity contribution < 1.29 is 41.5 Å². The molecule has 1 atom stereocenters.